The van der Waals surface area contributed by atoms with Gasteiger partial charge in [-0.15, -0.1) is 11.6 Å². The number of pyridine rings is 1. The van der Waals surface area contributed by atoms with Crippen LogP contribution in [0.4, 0.5) is 5.69 Å². The molecule has 1 N–H and O–H groups in total. The van der Waals surface area contributed by atoms with Crippen LogP contribution in [0.25, 0.3) is 0 Å². The highest BCUT2D eigenvalue weighted by Crippen LogP contribution is 2.13. The highest BCUT2D eigenvalue weighted by Gasteiger charge is 2.10. The van der Waals surface area contributed by atoms with Gasteiger partial charge in [-0.2, -0.15) is 0 Å². The van der Waals surface area contributed by atoms with Crippen LogP contribution < -0.4 is 9.46 Å². The second kappa shape index (κ2) is 7.43. The molecule has 0 radical (unpaired) electrons. The number of hydrogen-bond donors (Lipinski definition) is 1. The largest absolute Gasteiger partial charge is 0.478 e. The van der Waals surface area contributed by atoms with Gasteiger partial charge in [0.2, 0.25) is 15.9 Å². The molecule has 18 heavy (non-hydrogen) atoms. The fraction of sp³-hybridized carbons (Fsp3) is 0.545. The smallest absolute Gasteiger partial charge is 0.232 e. The van der Waals surface area contributed by atoms with Gasteiger partial charge in [0, 0.05) is 11.9 Å². The lowest BCUT2D eigenvalue weighted by atomic mass is 10.4. The molecule has 102 valence electrons. The Bertz CT molecular complexity index is 448. The number of hydrogen-bond acceptors (Lipinski definition) is 4. The summed E-state index contributed by atoms with van der Waals surface area (Å²) in [4.78, 5) is 3.98. The van der Waals surface area contributed by atoms with Crippen molar-refractivity contribution in [2.24, 2.45) is 0 Å². The molecule has 0 unspecified atom stereocenters. The third-order valence-electron chi connectivity index (χ3n) is 2.10. The second-order valence-electron chi connectivity index (χ2n) is 3.64. The molecule has 0 saturated heterocycles. The van der Waals surface area contributed by atoms with Crippen molar-refractivity contribution in [3.8, 4) is 5.88 Å². The molecular formula is C11H17ClN2O3S. The van der Waals surface area contributed by atoms with E-state index < -0.39 is 10.0 Å². The van der Waals surface area contributed by atoms with E-state index in [1.54, 1.807) is 12.1 Å². The normalized spacial score (nSPS) is 11.2. The number of nitrogens with zero attached hydrogens (tertiary/aromatic N) is 1. The molecule has 7 heteroatoms. The molecule has 1 aromatic rings. The lowest BCUT2D eigenvalue weighted by molar-refractivity contribution is 0.327. The Balaban J connectivity index is 2.55. The van der Waals surface area contributed by atoms with E-state index >= 15 is 0 Å². The van der Waals surface area contributed by atoms with Crippen molar-refractivity contribution in [3.63, 3.8) is 0 Å². The van der Waals surface area contributed by atoms with Crippen LogP contribution in [-0.4, -0.2) is 31.6 Å². The molecule has 0 saturated carbocycles. The highest BCUT2D eigenvalue weighted by atomic mass is 35.5. The van der Waals surface area contributed by atoms with E-state index in [1.165, 1.54) is 6.20 Å². The number of aromatic nitrogens is 1. The van der Waals surface area contributed by atoms with Gasteiger partial charge in [0.1, 0.15) is 0 Å². The molecule has 0 fully saturated rings. The second-order valence-corrected chi connectivity index (χ2v) is 5.85. The minimum Gasteiger partial charge on any atom is -0.478 e. The summed E-state index contributed by atoms with van der Waals surface area (Å²) in [6.45, 7) is 2.38. The predicted molar refractivity (Wildman–Crippen MR) is 72.8 cm³/mol. The van der Waals surface area contributed by atoms with Crippen LogP contribution in [0.15, 0.2) is 18.3 Å². The number of nitrogens with one attached hydrogen (secondary N) is 1. The first-order valence-corrected chi connectivity index (χ1v) is 7.91. The first kappa shape index (κ1) is 15.0. The summed E-state index contributed by atoms with van der Waals surface area (Å²) < 4.78 is 31.0. The third-order valence-corrected chi connectivity index (χ3v) is 3.74. The van der Waals surface area contributed by atoms with Gasteiger partial charge < -0.3 is 4.74 Å². The number of rotatable bonds is 8. The lowest BCUT2D eigenvalue weighted by Crippen LogP contribution is -2.16. The molecule has 0 bridgehead atoms. The Morgan fingerprint density at radius 1 is 1.39 bits per heavy atom. The van der Waals surface area contributed by atoms with Crippen molar-refractivity contribution in [1.29, 1.82) is 0 Å². The van der Waals surface area contributed by atoms with Crippen LogP contribution in [0, 0.1) is 0 Å². The van der Waals surface area contributed by atoms with E-state index in [4.69, 9.17) is 16.3 Å². The van der Waals surface area contributed by atoms with Gasteiger partial charge in [0.25, 0.3) is 0 Å². The molecule has 5 nitrogen and oxygen atoms in total. The first-order valence-electron chi connectivity index (χ1n) is 5.72. The molecule has 1 rings (SSSR count). The summed E-state index contributed by atoms with van der Waals surface area (Å²) >= 11 is 5.50. The van der Waals surface area contributed by atoms with Crippen molar-refractivity contribution in [1.82, 2.24) is 4.98 Å². The number of unbranched alkanes of at least 4 members (excludes halogenated alkanes) is 1. The fourth-order valence-electron chi connectivity index (χ4n) is 1.29. The minimum atomic E-state index is -3.32. The third kappa shape index (κ3) is 5.55. The number of sulfonamides is 1. The lowest BCUT2D eigenvalue weighted by Gasteiger charge is -2.08. The van der Waals surface area contributed by atoms with Gasteiger partial charge in [-0.05, 0) is 25.8 Å². The van der Waals surface area contributed by atoms with E-state index in [2.05, 4.69) is 9.71 Å². The van der Waals surface area contributed by atoms with Crippen LogP contribution in [0.3, 0.4) is 0 Å². The number of anilines is 1. The van der Waals surface area contributed by atoms with E-state index in [-0.39, 0.29) is 5.75 Å². The number of halogens is 1. The zero-order valence-corrected chi connectivity index (χ0v) is 11.8. The number of alkyl halides is 1. The van der Waals surface area contributed by atoms with Gasteiger partial charge in [0.15, 0.2) is 0 Å². The van der Waals surface area contributed by atoms with Gasteiger partial charge in [-0.3, -0.25) is 4.72 Å². The minimum absolute atomic E-state index is 0.0624. The molecule has 1 heterocycles. The molecule has 0 spiro atoms. The standard InChI is InChI=1S/C11H17ClN2O3S/c1-2-17-11-6-5-10(9-13-11)14-18(15,16)8-4-3-7-12/h5-6,9,14H,2-4,7-8H2,1H3. The van der Waals surface area contributed by atoms with Crippen LogP contribution in [-0.2, 0) is 10.0 Å². The van der Waals surface area contributed by atoms with Crippen LogP contribution in [0.5, 0.6) is 5.88 Å². The molecule has 0 aliphatic carbocycles. The molecule has 0 aliphatic heterocycles. The maximum Gasteiger partial charge on any atom is 0.232 e. The Morgan fingerprint density at radius 2 is 2.17 bits per heavy atom. The van der Waals surface area contributed by atoms with Crippen LogP contribution in [0.1, 0.15) is 19.8 Å². The van der Waals surface area contributed by atoms with Crippen molar-refractivity contribution < 1.29 is 13.2 Å². The summed E-state index contributed by atoms with van der Waals surface area (Å²) in [7, 11) is -3.32. The van der Waals surface area contributed by atoms with Gasteiger partial charge in [-0.1, -0.05) is 0 Å². The summed E-state index contributed by atoms with van der Waals surface area (Å²) in [5, 5.41) is 0. The molecule has 0 amide bonds. The Hall–Kier alpha value is -1.01. The summed E-state index contributed by atoms with van der Waals surface area (Å²) in [5.41, 5.74) is 0.435. The van der Waals surface area contributed by atoms with Crippen LogP contribution in [0.2, 0.25) is 0 Å². The van der Waals surface area contributed by atoms with Crippen molar-refractivity contribution in [2.75, 3.05) is 23.0 Å². The van der Waals surface area contributed by atoms with E-state index in [0.717, 1.165) is 0 Å². The summed E-state index contributed by atoms with van der Waals surface area (Å²) in [6, 6.07) is 3.25. The SMILES string of the molecule is CCOc1ccc(NS(=O)(=O)CCCCCl)cn1. The summed E-state index contributed by atoms with van der Waals surface area (Å²) in [6.07, 6.45) is 2.66. The van der Waals surface area contributed by atoms with Crippen LogP contribution >= 0.6 is 11.6 Å². The average Bonchev–Trinajstić information content (AvgIpc) is 2.32. The monoisotopic (exact) mass is 292 g/mol. The molecule has 0 atom stereocenters. The van der Waals surface area contributed by atoms with Crippen molar-refractivity contribution in [3.05, 3.63) is 18.3 Å². The number of ether oxygens (including phenoxy) is 1. The predicted octanol–water partition coefficient (Wildman–Crippen LogP) is 2.24. The molecular weight excluding hydrogens is 276 g/mol. The van der Waals surface area contributed by atoms with E-state index in [1.807, 2.05) is 6.92 Å². The topological polar surface area (TPSA) is 68.3 Å². The first-order chi connectivity index (χ1) is 8.57. The van der Waals surface area contributed by atoms with E-state index in [0.29, 0.717) is 36.9 Å². The molecule has 0 aromatic carbocycles. The zero-order chi connectivity index (χ0) is 13.4. The molecule has 0 aliphatic rings. The summed E-state index contributed by atoms with van der Waals surface area (Å²) in [5.74, 6) is 1.01. The van der Waals surface area contributed by atoms with Gasteiger partial charge >= 0.3 is 0 Å². The highest BCUT2D eigenvalue weighted by molar-refractivity contribution is 7.92. The maximum atomic E-state index is 11.7. The van der Waals surface area contributed by atoms with E-state index in [9.17, 15) is 8.42 Å². The fourth-order valence-corrected chi connectivity index (χ4v) is 2.65. The Morgan fingerprint density at radius 3 is 2.72 bits per heavy atom. The van der Waals surface area contributed by atoms with Crippen molar-refractivity contribution in [2.45, 2.75) is 19.8 Å². The maximum absolute atomic E-state index is 11.7. The van der Waals surface area contributed by atoms with Crippen molar-refractivity contribution >= 4 is 27.3 Å². The Kier molecular flexibility index (Phi) is 6.21. The molecule has 1 aromatic heterocycles. The average molecular weight is 293 g/mol. The van der Waals surface area contributed by atoms with Gasteiger partial charge in [-0.25, -0.2) is 13.4 Å². The Labute approximate surface area is 113 Å². The van der Waals surface area contributed by atoms with Gasteiger partial charge in [0.05, 0.1) is 24.2 Å². The quantitative estimate of drug-likeness (QED) is 0.589. The zero-order valence-electron chi connectivity index (χ0n) is 10.2.